The van der Waals surface area contributed by atoms with Crippen LogP contribution in [0.25, 0.3) is 0 Å². The number of nitro groups is 1. The molecular formula is C25H21Br2N3O7. The summed E-state index contributed by atoms with van der Waals surface area (Å²) >= 11 is 7.25. The summed E-state index contributed by atoms with van der Waals surface area (Å²) in [6.45, 7) is -0.654. The van der Waals surface area contributed by atoms with E-state index in [0.717, 1.165) is 16.1 Å². The van der Waals surface area contributed by atoms with Crippen LogP contribution in [0.4, 0.5) is 5.69 Å². The van der Waals surface area contributed by atoms with Gasteiger partial charge in [0, 0.05) is 21.3 Å². The molecule has 3 aliphatic rings. The maximum Gasteiger partial charge on any atom is 0.282 e. The molecule has 0 unspecified atom stereocenters. The third-order valence-electron chi connectivity index (χ3n) is 7.48. The number of para-hydroxylation sites is 1. The minimum absolute atomic E-state index is 0.0178. The normalized spacial score (nSPS) is 27.8. The van der Waals surface area contributed by atoms with E-state index in [9.17, 15) is 29.3 Å². The van der Waals surface area contributed by atoms with Gasteiger partial charge >= 0.3 is 0 Å². The van der Waals surface area contributed by atoms with Gasteiger partial charge in [-0.1, -0.05) is 44.0 Å². The Morgan fingerprint density at radius 3 is 2.14 bits per heavy atom. The SMILES string of the molecule is COc1ccc(C(=O)CN(C(=O)c2ccccc2[N+](=O)[O-])N2C(=O)[C@@H]3[C@H]4C[C@@H]([C@H](Br)[C@H]4Br)[C@@H]3C2=O)cc1. The maximum atomic E-state index is 13.7. The van der Waals surface area contributed by atoms with E-state index in [4.69, 9.17) is 4.74 Å². The zero-order valence-corrected chi connectivity index (χ0v) is 22.6. The first kappa shape index (κ1) is 25.5. The van der Waals surface area contributed by atoms with Crippen LogP contribution in [0.15, 0.2) is 48.5 Å². The molecule has 12 heteroatoms. The number of rotatable bonds is 7. The first-order valence-corrected chi connectivity index (χ1v) is 13.4. The number of nitro benzene ring substituents is 1. The molecular weight excluding hydrogens is 614 g/mol. The van der Waals surface area contributed by atoms with E-state index in [2.05, 4.69) is 31.9 Å². The van der Waals surface area contributed by atoms with Crippen molar-refractivity contribution in [2.24, 2.45) is 23.7 Å². The molecule has 2 aliphatic carbocycles. The first-order valence-electron chi connectivity index (χ1n) is 11.5. The van der Waals surface area contributed by atoms with Crippen molar-refractivity contribution in [1.29, 1.82) is 0 Å². The van der Waals surface area contributed by atoms with Crippen LogP contribution in [-0.4, -0.2) is 61.8 Å². The Bertz CT molecular complexity index is 1290. The Kier molecular flexibility index (Phi) is 6.65. The number of benzene rings is 2. The molecule has 3 fully saturated rings. The molecule has 0 aromatic heterocycles. The lowest BCUT2D eigenvalue weighted by Gasteiger charge is -2.30. The van der Waals surface area contributed by atoms with Gasteiger partial charge in [-0.05, 0) is 48.6 Å². The van der Waals surface area contributed by atoms with Gasteiger partial charge in [-0.25, -0.2) is 5.01 Å². The highest BCUT2D eigenvalue weighted by molar-refractivity contribution is 9.12. The summed E-state index contributed by atoms with van der Waals surface area (Å²) in [5.74, 6) is -3.63. The van der Waals surface area contributed by atoms with Crippen LogP contribution in [0.5, 0.6) is 5.75 Å². The van der Waals surface area contributed by atoms with Crippen molar-refractivity contribution in [3.05, 3.63) is 69.8 Å². The molecule has 0 spiro atoms. The average Bonchev–Trinajstić information content (AvgIpc) is 3.51. The Hall–Kier alpha value is -3.12. The molecule has 3 amide bonds. The van der Waals surface area contributed by atoms with Gasteiger partial charge in [0.05, 0.1) is 23.9 Å². The molecule has 1 aliphatic heterocycles. The predicted octanol–water partition coefficient (Wildman–Crippen LogP) is 3.62. The monoisotopic (exact) mass is 633 g/mol. The van der Waals surface area contributed by atoms with Gasteiger partial charge in [0.15, 0.2) is 5.78 Å². The van der Waals surface area contributed by atoms with Crippen LogP contribution >= 0.6 is 31.9 Å². The molecule has 0 N–H and O–H groups in total. The lowest BCUT2D eigenvalue weighted by atomic mass is 9.81. The van der Waals surface area contributed by atoms with Gasteiger partial charge in [-0.2, -0.15) is 5.01 Å². The van der Waals surface area contributed by atoms with Gasteiger partial charge in [0.25, 0.3) is 23.4 Å². The molecule has 5 rings (SSSR count). The fourth-order valence-electron chi connectivity index (χ4n) is 5.76. The number of hydrogen-bond donors (Lipinski definition) is 0. The highest BCUT2D eigenvalue weighted by atomic mass is 79.9. The number of hydrazine groups is 1. The fraction of sp³-hybridized carbons (Fsp3) is 0.360. The first-order chi connectivity index (χ1) is 17.6. The number of carbonyl (C=O) groups is 4. The number of nitrogens with zero attached hydrogens (tertiary/aromatic N) is 3. The van der Waals surface area contributed by atoms with E-state index in [0.29, 0.717) is 12.2 Å². The second kappa shape index (κ2) is 9.64. The highest BCUT2D eigenvalue weighted by Crippen LogP contribution is 2.60. The van der Waals surface area contributed by atoms with E-state index in [1.165, 1.54) is 37.4 Å². The Morgan fingerprint density at radius 1 is 1.03 bits per heavy atom. The van der Waals surface area contributed by atoms with Crippen LogP contribution < -0.4 is 4.74 Å². The van der Waals surface area contributed by atoms with Crippen molar-refractivity contribution < 1.29 is 28.8 Å². The molecule has 192 valence electrons. The number of Topliss-reactive ketones (excluding diaryl/α,β-unsaturated/α-hetero) is 1. The van der Waals surface area contributed by atoms with Gasteiger partial charge in [-0.3, -0.25) is 29.3 Å². The van der Waals surface area contributed by atoms with Crippen LogP contribution in [0, 0.1) is 33.8 Å². The average molecular weight is 635 g/mol. The third-order valence-corrected chi connectivity index (χ3v) is 10.7. The molecule has 2 saturated carbocycles. The number of imide groups is 1. The van der Waals surface area contributed by atoms with Gasteiger partial charge in [0.1, 0.15) is 17.9 Å². The van der Waals surface area contributed by atoms with Gasteiger partial charge < -0.3 is 4.74 Å². The molecule has 2 aromatic rings. The number of alkyl halides is 2. The number of carbonyl (C=O) groups excluding carboxylic acids is 4. The summed E-state index contributed by atoms with van der Waals surface area (Å²) in [6, 6.07) is 11.4. The van der Waals surface area contributed by atoms with Crippen molar-refractivity contribution in [3.8, 4) is 5.75 Å². The lowest BCUT2D eigenvalue weighted by molar-refractivity contribution is -0.385. The molecule has 1 saturated heterocycles. The minimum Gasteiger partial charge on any atom is -0.497 e. The summed E-state index contributed by atoms with van der Waals surface area (Å²) in [5, 5.41) is 13.1. The second-order valence-corrected chi connectivity index (χ2v) is 11.4. The Balaban J connectivity index is 1.53. The Morgan fingerprint density at radius 2 is 1.59 bits per heavy atom. The zero-order chi connectivity index (χ0) is 26.6. The topological polar surface area (TPSA) is 127 Å². The molecule has 37 heavy (non-hydrogen) atoms. The number of fused-ring (bicyclic) bond motifs is 5. The van der Waals surface area contributed by atoms with Crippen LogP contribution in [-0.2, 0) is 9.59 Å². The number of methoxy groups -OCH3 is 1. The predicted molar refractivity (Wildman–Crippen MR) is 137 cm³/mol. The molecule has 2 aromatic carbocycles. The lowest BCUT2D eigenvalue weighted by Crippen LogP contribution is -2.52. The number of ketones is 1. The molecule has 6 atom stereocenters. The van der Waals surface area contributed by atoms with Crippen LogP contribution in [0.2, 0.25) is 0 Å². The summed E-state index contributed by atoms with van der Waals surface area (Å²) in [6.07, 6.45) is 0.690. The number of halogens is 2. The van der Waals surface area contributed by atoms with E-state index in [1.54, 1.807) is 12.1 Å². The second-order valence-electron chi connectivity index (χ2n) is 9.28. The molecule has 1 heterocycles. The molecule has 2 bridgehead atoms. The quantitative estimate of drug-likeness (QED) is 0.150. The van der Waals surface area contributed by atoms with Crippen molar-refractivity contribution >= 4 is 61.1 Å². The Labute approximate surface area is 228 Å². The molecule has 0 radical (unpaired) electrons. The highest BCUT2D eigenvalue weighted by Gasteiger charge is 2.67. The summed E-state index contributed by atoms with van der Waals surface area (Å²) in [4.78, 5) is 65.1. The summed E-state index contributed by atoms with van der Waals surface area (Å²) in [7, 11) is 1.48. The van der Waals surface area contributed by atoms with Crippen LogP contribution in [0.1, 0.15) is 27.1 Å². The third kappa shape index (κ3) is 4.06. The van der Waals surface area contributed by atoms with E-state index < -0.39 is 52.5 Å². The van der Waals surface area contributed by atoms with E-state index >= 15 is 0 Å². The van der Waals surface area contributed by atoms with Gasteiger partial charge in [0.2, 0.25) is 0 Å². The summed E-state index contributed by atoms with van der Waals surface area (Å²) < 4.78 is 5.11. The minimum atomic E-state index is -0.978. The number of amides is 3. The zero-order valence-electron chi connectivity index (χ0n) is 19.5. The van der Waals surface area contributed by atoms with E-state index in [1.807, 2.05) is 0 Å². The fourth-order valence-corrected chi connectivity index (χ4v) is 7.63. The van der Waals surface area contributed by atoms with Gasteiger partial charge in [-0.15, -0.1) is 0 Å². The van der Waals surface area contributed by atoms with Crippen molar-refractivity contribution in [2.75, 3.05) is 13.7 Å². The summed E-state index contributed by atoms with van der Waals surface area (Å²) in [5.41, 5.74) is -0.594. The largest absolute Gasteiger partial charge is 0.497 e. The number of ether oxygens (including phenoxy) is 1. The van der Waals surface area contributed by atoms with Crippen molar-refractivity contribution in [3.63, 3.8) is 0 Å². The molecule has 10 nitrogen and oxygen atoms in total. The standard InChI is InChI=1S/C25H21Br2N3O7/c1-37-13-8-6-12(7-9-13)18(31)11-28(23(32)14-4-2-3-5-17(14)30(35)36)29-24(33)19-15-10-16(20(19)25(29)34)22(27)21(15)26/h2-9,15-16,19-22H,10-11H2,1H3/t15-,16-,19-,20+,21+,22+/m1/s1. The van der Waals surface area contributed by atoms with E-state index in [-0.39, 0.29) is 32.6 Å². The van der Waals surface area contributed by atoms with Crippen molar-refractivity contribution in [2.45, 2.75) is 16.1 Å². The maximum absolute atomic E-state index is 13.7. The van der Waals surface area contributed by atoms with Crippen LogP contribution in [0.3, 0.4) is 0 Å². The smallest absolute Gasteiger partial charge is 0.282 e. The number of hydrogen-bond acceptors (Lipinski definition) is 7. The van der Waals surface area contributed by atoms with Crippen molar-refractivity contribution in [1.82, 2.24) is 10.0 Å².